The average Bonchev–Trinajstić information content (AvgIpc) is 2.89. The lowest BCUT2D eigenvalue weighted by molar-refractivity contribution is 0.602. The highest BCUT2D eigenvalue weighted by atomic mass is 79.9. The van der Waals surface area contributed by atoms with Crippen molar-refractivity contribution >= 4 is 65.6 Å². The Morgan fingerprint density at radius 1 is 1.04 bits per heavy atom. The molecule has 1 radical (unpaired) electrons. The van der Waals surface area contributed by atoms with E-state index in [-0.39, 0.29) is 5.25 Å². The average molecular weight is 444 g/mol. The summed E-state index contributed by atoms with van der Waals surface area (Å²) in [5, 5.41) is 0.113. The SMILES string of the molecule is CS(=O)(=O)c1ccc(C2SSC([S])=C2c2ccc(Br)cc2)cc1. The van der Waals surface area contributed by atoms with Crippen LogP contribution >= 0.6 is 50.1 Å². The fraction of sp³-hybridized carbons (Fsp3) is 0.125. The van der Waals surface area contributed by atoms with Gasteiger partial charge in [-0.25, -0.2) is 8.42 Å². The molecule has 0 fully saturated rings. The standard InChI is InChI=1S/C16H12BrO2S4/c1-23(18,19)13-8-4-11(5-9-13)15-14(16(20)22-21-15)10-2-6-12(17)7-3-10/h2-9,15H,1H3. The van der Waals surface area contributed by atoms with Crippen molar-refractivity contribution in [2.24, 2.45) is 0 Å². The van der Waals surface area contributed by atoms with Gasteiger partial charge >= 0.3 is 0 Å². The molecule has 0 saturated heterocycles. The normalized spacial score (nSPS) is 18.4. The van der Waals surface area contributed by atoms with Crippen LogP contribution in [0.25, 0.3) is 5.57 Å². The largest absolute Gasteiger partial charge is 0.224 e. The molecule has 2 aromatic carbocycles. The Bertz CT molecular complexity index is 856. The molecule has 2 aromatic rings. The zero-order chi connectivity index (χ0) is 16.6. The lowest BCUT2D eigenvalue weighted by Gasteiger charge is -2.15. The second kappa shape index (κ2) is 6.80. The first-order chi connectivity index (χ1) is 10.9. The molecule has 1 aliphatic rings. The zero-order valence-electron chi connectivity index (χ0n) is 12.0. The Morgan fingerprint density at radius 3 is 2.22 bits per heavy atom. The molecule has 7 heteroatoms. The molecule has 2 nitrogen and oxygen atoms in total. The molecule has 0 bridgehead atoms. The molecule has 0 aliphatic carbocycles. The maximum atomic E-state index is 11.6. The van der Waals surface area contributed by atoms with Crippen molar-refractivity contribution in [1.82, 2.24) is 0 Å². The van der Waals surface area contributed by atoms with Gasteiger partial charge < -0.3 is 0 Å². The van der Waals surface area contributed by atoms with Crippen LogP contribution in [-0.2, 0) is 9.84 Å². The fourth-order valence-corrected chi connectivity index (χ4v) is 6.51. The summed E-state index contributed by atoms with van der Waals surface area (Å²) in [6, 6.07) is 15.2. The molecule has 0 amide bonds. The number of rotatable bonds is 3. The van der Waals surface area contributed by atoms with E-state index in [4.69, 9.17) is 12.6 Å². The third-order valence-electron chi connectivity index (χ3n) is 3.47. The highest BCUT2D eigenvalue weighted by Gasteiger charge is 2.29. The molecule has 0 saturated carbocycles. The first-order valence-corrected chi connectivity index (χ1v) is 12.0. The van der Waals surface area contributed by atoms with Gasteiger partial charge in [0.25, 0.3) is 0 Å². The first kappa shape index (κ1) is 17.4. The number of sulfone groups is 1. The van der Waals surface area contributed by atoms with Gasteiger partial charge in [-0.3, -0.25) is 0 Å². The molecule has 0 spiro atoms. The van der Waals surface area contributed by atoms with Gasteiger partial charge in [-0.1, -0.05) is 63.6 Å². The van der Waals surface area contributed by atoms with E-state index in [1.54, 1.807) is 33.7 Å². The lowest BCUT2D eigenvalue weighted by Crippen LogP contribution is -1.99. The second-order valence-electron chi connectivity index (χ2n) is 5.11. The first-order valence-electron chi connectivity index (χ1n) is 6.67. The Morgan fingerprint density at radius 2 is 1.65 bits per heavy atom. The van der Waals surface area contributed by atoms with Gasteiger partial charge in [0, 0.05) is 16.3 Å². The van der Waals surface area contributed by atoms with E-state index >= 15 is 0 Å². The van der Waals surface area contributed by atoms with Crippen LogP contribution < -0.4 is 0 Å². The molecule has 23 heavy (non-hydrogen) atoms. The van der Waals surface area contributed by atoms with Crippen molar-refractivity contribution in [2.75, 3.05) is 6.26 Å². The van der Waals surface area contributed by atoms with Gasteiger partial charge in [0.2, 0.25) is 0 Å². The molecule has 0 N–H and O–H groups in total. The Hall–Kier alpha value is -0.470. The molecule has 1 atom stereocenters. The van der Waals surface area contributed by atoms with Gasteiger partial charge in [0.15, 0.2) is 9.84 Å². The molecule has 1 heterocycles. The van der Waals surface area contributed by atoms with E-state index in [1.807, 2.05) is 24.3 Å². The highest BCUT2D eigenvalue weighted by Crippen LogP contribution is 2.59. The molecule has 1 aliphatic heterocycles. The molecule has 119 valence electrons. The Labute approximate surface area is 158 Å². The fourth-order valence-electron chi connectivity index (χ4n) is 2.30. The topological polar surface area (TPSA) is 34.1 Å². The molecule has 1 unspecified atom stereocenters. The highest BCUT2D eigenvalue weighted by molar-refractivity contribution is 9.10. The monoisotopic (exact) mass is 443 g/mol. The quantitative estimate of drug-likeness (QED) is 0.556. The van der Waals surface area contributed by atoms with E-state index in [1.165, 1.54) is 6.26 Å². The Kier molecular flexibility index (Phi) is 5.13. The van der Waals surface area contributed by atoms with Crippen molar-refractivity contribution in [3.8, 4) is 0 Å². The zero-order valence-corrected chi connectivity index (χ0v) is 16.9. The van der Waals surface area contributed by atoms with Crippen LogP contribution in [-0.4, -0.2) is 14.7 Å². The maximum Gasteiger partial charge on any atom is 0.175 e. The summed E-state index contributed by atoms with van der Waals surface area (Å²) in [6.45, 7) is 0. The summed E-state index contributed by atoms with van der Waals surface area (Å²) in [5.41, 5.74) is 3.29. The van der Waals surface area contributed by atoms with Gasteiger partial charge in [0.1, 0.15) is 0 Å². The number of benzene rings is 2. The van der Waals surface area contributed by atoms with E-state index in [0.29, 0.717) is 4.90 Å². The summed E-state index contributed by atoms with van der Waals surface area (Å²) in [5.74, 6) is 0. The van der Waals surface area contributed by atoms with Crippen LogP contribution in [0.5, 0.6) is 0 Å². The lowest BCUT2D eigenvalue weighted by atomic mass is 9.99. The van der Waals surface area contributed by atoms with Crippen LogP contribution in [0.4, 0.5) is 0 Å². The van der Waals surface area contributed by atoms with Crippen LogP contribution in [0, 0.1) is 0 Å². The predicted octanol–water partition coefficient (Wildman–Crippen LogP) is 5.86. The molecule has 3 rings (SSSR count). The third-order valence-corrected chi connectivity index (χ3v) is 8.45. The number of hydrogen-bond donors (Lipinski definition) is 0. The van der Waals surface area contributed by atoms with E-state index in [2.05, 4.69) is 28.1 Å². The summed E-state index contributed by atoms with van der Waals surface area (Å²) in [4.78, 5) is 0.338. The van der Waals surface area contributed by atoms with Gasteiger partial charge in [-0.15, -0.1) is 0 Å². The van der Waals surface area contributed by atoms with Gasteiger partial charge in [0.05, 0.1) is 14.4 Å². The van der Waals surface area contributed by atoms with Crippen LogP contribution in [0.15, 0.2) is 62.1 Å². The van der Waals surface area contributed by atoms with Crippen molar-refractivity contribution in [3.05, 3.63) is 68.4 Å². The third kappa shape index (κ3) is 3.79. The van der Waals surface area contributed by atoms with Gasteiger partial charge in [-0.2, -0.15) is 0 Å². The van der Waals surface area contributed by atoms with Crippen molar-refractivity contribution in [2.45, 2.75) is 10.1 Å². The molecule has 0 aromatic heterocycles. The van der Waals surface area contributed by atoms with Crippen molar-refractivity contribution < 1.29 is 8.42 Å². The minimum atomic E-state index is -3.17. The van der Waals surface area contributed by atoms with Crippen LogP contribution in [0.2, 0.25) is 0 Å². The van der Waals surface area contributed by atoms with Crippen LogP contribution in [0.3, 0.4) is 0 Å². The summed E-state index contributed by atoms with van der Waals surface area (Å²) < 4.78 is 25.1. The summed E-state index contributed by atoms with van der Waals surface area (Å²) in [7, 11) is 0.125. The van der Waals surface area contributed by atoms with Crippen LogP contribution in [0.1, 0.15) is 16.4 Å². The maximum absolute atomic E-state index is 11.6. The minimum absolute atomic E-state index is 0.113. The molecular formula is C16H12BrO2S4. The van der Waals surface area contributed by atoms with Crippen molar-refractivity contribution in [1.29, 1.82) is 0 Å². The van der Waals surface area contributed by atoms with E-state index in [0.717, 1.165) is 25.4 Å². The summed E-state index contributed by atoms with van der Waals surface area (Å²) in [6.07, 6.45) is 1.22. The predicted molar refractivity (Wildman–Crippen MR) is 106 cm³/mol. The van der Waals surface area contributed by atoms with E-state index < -0.39 is 9.84 Å². The van der Waals surface area contributed by atoms with Crippen molar-refractivity contribution in [3.63, 3.8) is 0 Å². The second-order valence-corrected chi connectivity index (χ2v) is 11.0. The Balaban J connectivity index is 1.98. The summed E-state index contributed by atoms with van der Waals surface area (Å²) >= 11 is 8.96. The minimum Gasteiger partial charge on any atom is -0.224 e. The number of hydrogen-bond acceptors (Lipinski definition) is 4. The smallest absolute Gasteiger partial charge is 0.175 e. The number of halogens is 1. The molecular weight excluding hydrogens is 432 g/mol. The van der Waals surface area contributed by atoms with E-state index in [9.17, 15) is 8.42 Å². The van der Waals surface area contributed by atoms with Gasteiger partial charge in [-0.05, 0) is 46.2 Å².